The van der Waals surface area contributed by atoms with Crippen LogP contribution in [0.2, 0.25) is 0 Å². The molecule has 2 atom stereocenters. The van der Waals surface area contributed by atoms with E-state index in [2.05, 4.69) is 21.5 Å². The van der Waals surface area contributed by atoms with Crippen molar-refractivity contribution in [1.82, 2.24) is 24.4 Å². The van der Waals surface area contributed by atoms with Crippen LogP contribution in [0, 0.1) is 24.4 Å². The first-order valence-corrected chi connectivity index (χ1v) is 15.1. The number of benzene rings is 1. The summed E-state index contributed by atoms with van der Waals surface area (Å²) < 4.78 is 48.0. The maximum absolute atomic E-state index is 16.9. The number of nitrogens with zero attached hydrogens (tertiary/aromatic N) is 7. The largest absolute Gasteiger partial charge is 0.507 e. The van der Waals surface area contributed by atoms with Gasteiger partial charge in [-0.2, -0.15) is 4.98 Å². The molecule has 1 aromatic carbocycles. The SMILES string of the molecule is C=CC(=O)N1CC(C)N2c3nc(=O)n(-c4c(C)ccnc4C(C)C)c4nc(-c5c(O)ccc(F)c5F)c(F)c(c34)N(C)CCC2C1. The van der Waals surface area contributed by atoms with E-state index < -0.39 is 40.1 Å². The van der Waals surface area contributed by atoms with Gasteiger partial charge in [-0.15, -0.1) is 0 Å². The number of carbonyl (C=O) groups is 1. The number of hydrogen-bond donors (Lipinski definition) is 1. The van der Waals surface area contributed by atoms with E-state index in [0.29, 0.717) is 43.0 Å². The molecule has 0 spiro atoms. The van der Waals surface area contributed by atoms with E-state index in [9.17, 15) is 19.1 Å². The van der Waals surface area contributed by atoms with Crippen molar-refractivity contribution in [3.63, 3.8) is 0 Å². The molecule has 10 nitrogen and oxygen atoms in total. The minimum atomic E-state index is -1.48. The van der Waals surface area contributed by atoms with Gasteiger partial charge in [0.2, 0.25) is 5.91 Å². The number of carbonyl (C=O) groups excluding carboxylic acids is 1. The molecule has 2 aliphatic rings. The Balaban J connectivity index is 1.78. The molecule has 4 aromatic rings. The van der Waals surface area contributed by atoms with Gasteiger partial charge >= 0.3 is 5.69 Å². The van der Waals surface area contributed by atoms with Crippen molar-refractivity contribution in [2.75, 3.05) is 36.5 Å². The Kier molecular flexibility index (Phi) is 7.73. The molecule has 0 saturated carbocycles. The maximum Gasteiger partial charge on any atom is 0.355 e. The molecular formula is C33H34F3N7O3. The van der Waals surface area contributed by atoms with Gasteiger partial charge in [-0.1, -0.05) is 20.4 Å². The lowest BCUT2D eigenvalue weighted by Crippen LogP contribution is -2.60. The number of phenolic OH excluding ortho intramolecular Hbond substituents is 1. The number of phenols is 1. The quantitative estimate of drug-likeness (QED) is 0.319. The fourth-order valence-corrected chi connectivity index (χ4v) is 6.72. The van der Waals surface area contributed by atoms with Crippen molar-refractivity contribution in [3.8, 4) is 22.7 Å². The summed E-state index contributed by atoms with van der Waals surface area (Å²) in [5.41, 5.74) is -0.666. The van der Waals surface area contributed by atoms with Gasteiger partial charge in [-0.3, -0.25) is 9.78 Å². The lowest BCUT2D eigenvalue weighted by Gasteiger charge is -2.48. The number of aromatic nitrogens is 4. The molecule has 2 aliphatic heterocycles. The van der Waals surface area contributed by atoms with Crippen molar-refractivity contribution >= 4 is 28.4 Å². The van der Waals surface area contributed by atoms with Crippen molar-refractivity contribution in [3.05, 3.63) is 76.2 Å². The van der Waals surface area contributed by atoms with E-state index in [1.54, 1.807) is 36.0 Å². The third kappa shape index (κ3) is 4.76. The Morgan fingerprint density at radius 2 is 1.85 bits per heavy atom. The number of halogens is 3. The zero-order valence-corrected chi connectivity index (χ0v) is 26.2. The third-order valence-corrected chi connectivity index (χ3v) is 8.85. The number of rotatable bonds is 4. The number of anilines is 2. The lowest BCUT2D eigenvalue weighted by atomic mass is 9.99. The second-order valence-electron chi connectivity index (χ2n) is 12.2. The minimum Gasteiger partial charge on any atom is -0.507 e. The molecule has 1 N–H and O–H groups in total. The summed E-state index contributed by atoms with van der Waals surface area (Å²) >= 11 is 0. The van der Waals surface area contributed by atoms with E-state index in [1.807, 2.05) is 25.7 Å². The molecule has 1 amide bonds. The minimum absolute atomic E-state index is 0.0396. The first-order chi connectivity index (χ1) is 21.8. The molecule has 46 heavy (non-hydrogen) atoms. The van der Waals surface area contributed by atoms with Gasteiger partial charge in [0.1, 0.15) is 17.3 Å². The molecule has 240 valence electrons. The molecule has 0 aliphatic carbocycles. The van der Waals surface area contributed by atoms with Crippen molar-refractivity contribution in [1.29, 1.82) is 0 Å². The Morgan fingerprint density at radius 1 is 1.11 bits per heavy atom. The summed E-state index contributed by atoms with van der Waals surface area (Å²) in [6.45, 7) is 12.0. The summed E-state index contributed by atoms with van der Waals surface area (Å²) in [6.07, 6.45) is 3.33. The number of amides is 1. The van der Waals surface area contributed by atoms with Crippen LogP contribution in [-0.2, 0) is 4.79 Å². The highest BCUT2D eigenvalue weighted by molar-refractivity contribution is 6.02. The Hall–Kier alpha value is -4.94. The third-order valence-electron chi connectivity index (χ3n) is 8.85. The molecule has 2 unspecified atom stereocenters. The van der Waals surface area contributed by atoms with Gasteiger partial charge in [0, 0.05) is 38.9 Å². The molecule has 5 heterocycles. The van der Waals surface area contributed by atoms with Gasteiger partial charge < -0.3 is 19.8 Å². The monoisotopic (exact) mass is 633 g/mol. The van der Waals surface area contributed by atoms with Crippen LogP contribution in [0.4, 0.5) is 24.7 Å². The molecule has 0 bridgehead atoms. The highest BCUT2D eigenvalue weighted by Crippen LogP contribution is 2.44. The molecule has 1 saturated heterocycles. The summed E-state index contributed by atoms with van der Waals surface area (Å²) in [5, 5.41) is 10.9. The van der Waals surface area contributed by atoms with E-state index in [0.717, 1.165) is 12.1 Å². The normalized spacial score (nSPS) is 18.1. The zero-order valence-electron chi connectivity index (χ0n) is 26.2. The van der Waals surface area contributed by atoms with Crippen LogP contribution in [0.15, 0.2) is 41.8 Å². The van der Waals surface area contributed by atoms with E-state index in [1.165, 1.54) is 10.6 Å². The van der Waals surface area contributed by atoms with Crippen LogP contribution < -0.4 is 15.5 Å². The summed E-state index contributed by atoms with van der Waals surface area (Å²) in [4.78, 5) is 45.8. The second kappa shape index (κ2) is 11.5. The van der Waals surface area contributed by atoms with Crippen molar-refractivity contribution in [2.24, 2.45) is 0 Å². The van der Waals surface area contributed by atoms with E-state index in [4.69, 9.17) is 0 Å². The van der Waals surface area contributed by atoms with Crippen LogP contribution in [-0.4, -0.2) is 74.2 Å². The number of hydrogen-bond acceptors (Lipinski definition) is 8. The fraction of sp³-hybridized carbons (Fsp3) is 0.364. The van der Waals surface area contributed by atoms with Gasteiger partial charge in [-0.05, 0) is 56.0 Å². The Labute approximate surface area is 263 Å². The van der Waals surface area contributed by atoms with Gasteiger partial charge in [0.25, 0.3) is 0 Å². The second-order valence-corrected chi connectivity index (χ2v) is 12.2. The average Bonchev–Trinajstić information content (AvgIpc) is 3.01. The number of aryl methyl sites for hydroxylation is 1. The highest BCUT2D eigenvalue weighted by atomic mass is 19.2. The molecule has 1 fully saturated rings. The van der Waals surface area contributed by atoms with E-state index in [-0.39, 0.29) is 46.4 Å². The predicted molar refractivity (Wildman–Crippen MR) is 169 cm³/mol. The van der Waals surface area contributed by atoms with Gasteiger partial charge in [0.15, 0.2) is 23.1 Å². The van der Waals surface area contributed by atoms with Crippen LogP contribution >= 0.6 is 0 Å². The summed E-state index contributed by atoms with van der Waals surface area (Å²) in [7, 11) is 1.64. The smallest absolute Gasteiger partial charge is 0.355 e. The number of aromatic hydroxyl groups is 1. The Bertz CT molecular complexity index is 1980. The fourth-order valence-electron chi connectivity index (χ4n) is 6.72. The van der Waals surface area contributed by atoms with Crippen molar-refractivity contribution in [2.45, 2.75) is 52.1 Å². The van der Waals surface area contributed by atoms with Crippen molar-refractivity contribution < 1.29 is 23.1 Å². The maximum atomic E-state index is 16.9. The van der Waals surface area contributed by atoms with Crippen LogP contribution in [0.25, 0.3) is 28.0 Å². The van der Waals surface area contributed by atoms with E-state index >= 15 is 8.78 Å². The van der Waals surface area contributed by atoms with Crippen LogP contribution in [0.5, 0.6) is 5.75 Å². The zero-order chi connectivity index (χ0) is 33.2. The number of fused-ring (bicyclic) bond motifs is 2. The van der Waals surface area contributed by atoms with Crippen LogP contribution in [0.3, 0.4) is 0 Å². The molecule has 3 aromatic heterocycles. The topological polar surface area (TPSA) is 108 Å². The molecule has 13 heteroatoms. The molecular weight excluding hydrogens is 599 g/mol. The first-order valence-electron chi connectivity index (χ1n) is 15.1. The summed E-state index contributed by atoms with van der Waals surface area (Å²) in [6, 6.07) is 2.74. The highest BCUT2D eigenvalue weighted by Gasteiger charge is 2.40. The van der Waals surface area contributed by atoms with Gasteiger partial charge in [0.05, 0.1) is 34.1 Å². The molecule has 6 rings (SSSR count). The molecule has 0 radical (unpaired) electrons. The predicted octanol–water partition coefficient (Wildman–Crippen LogP) is 4.83. The number of piperazine rings is 1. The lowest BCUT2D eigenvalue weighted by molar-refractivity contribution is -0.127. The standard InChI is InChI=1S/C33H34F3N7O3/c1-7-22(45)41-14-18(5)42-19(15-41)11-13-40(6)30-24-31(38-28(26(30)36)23-21(44)9-8-20(34)25(23)35)43(33(46)39-32(24)42)29-17(4)10-12-37-27(29)16(2)3/h7-10,12,16,18-19,44H,1,11,13-15H2,2-6H3. The van der Waals surface area contributed by atoms with Gasteiger partial charge in [-0.25, -0.2) is 27.5 Å². The summed E-state index contributed by atoms with van der Waals surface area (Å²) in [5.74, 6) is -4.72. The first kappa shape index (κ1) is 31.1. The Morgan fingerprint density at radius 3 is 2.54 bits per heavy atom. The average molecular weight is 634 g/mol. The number of pyridine rings is 2. The van der Waals surface area contributed by atoms with Crippen LogP contribution in [0.1, 0.15) is 44.4 Å².